The third-order valence-electron chi connectivity index (χ3n) is 15.7. The monoisotopic (exact) mass is 1420 g/mol. The van der Waals surface area contributed by atoms with Crippen molar-refractivity contribution in [2.24, 2.45) is 40.3 Å². The fraction of sp³-hybridized carbons (Fsp3) is 0.508. The summed E-state index contributed by atoms with van der Waals surface area (Å²) in [7, 11) is 1.56. The predicted molar refractivity (Wildman–Crippen MR) is 350 cm³/mol. The van der Waals surface area contributed by atoms with Gasteiger partial charge in [-0.25, -0.2) is 31.9 Å². The van der Waals surface area contributed by atoms with Gasteiger partial charge in [-0.1, -0.05) is 50.9 Å². The minimum absolute atomic E-state index is 0.0106. The fourth-order valence-corrected chi connectivity index (χ4v) is 10.8. The fourth-order valence-electron chi connectivity index (χ4n) is 10.5. The van der Waals surface area contributed by atoms with Crippen LogP contribution >= 0.6 is 23.2 Å². The number of nitrogens with two attached hydrogens (primary N) is 1. The van der Waals surface area contributed by atoms with Gasteiger partial charge in [-0.2, -0.15) is 26.3 Å². The van der Waals surface area contributed by atoms with E-state index in [1.54, 1.807) is 29.0 Å². The van der Waals surface area contributed by atoms with Crippen LogP contribution in [0, 0.1) is 52.9 Å². The number of nitrogens with zero attached hydrogens (tertiary/aromatic N) is 5. The van der Waals surface area contributed by atoms with Gasteiger partial charge >= 0.3 is 30.4 Å². The Morgan fingerprint density at radius 1 is 0.505 bits per heavy atom. The number of aliphatic imine (C=N–C) groups is 1. The largest absolute Gasteiger partial charge is 0.419 e. The van der Waals surface area contributed by atoms with Crippen molar-refractivity contribution in [3.05, 3.63) is 117 Å². The number of benzene rings is 4. The number of anilines is 4. The maximum atomic E-state index is 13.6. The molecule has 4 heterocycles. The first-order valence-corrected chi connectivity index (χ1v) is 32.5. The van der Waals surface area contributed by atoms with E-state index in [9.17, 15) is 77.5 Å². The van der Waals surface area contributed by atoms with E-state index in [2.05, 4.69) is 42.2 Å². The zero-order chi connectivity index (χ0) is 71.7. The number of nitrogens with one attached hydrogen (secondary N) is 7. The Labute approximate surface area is 566 Å². The lowest BCUT2D eigenvalue weighted by molar-refractivity contribution is -0.140. The van der Waals surface area contributed by atoms with Gasteiger partial charge in [0.05, 0.1) is 44.8 Å². The van der Waals surface area contributed by atoms with E-state index < -0.39 is 70.4 Å². The standard InChI is InChI=1S/C18H23F4N3O2.C17H21F4N3O2.C16H22ClFN4O.C14H17ClFN3O2/c1-11(2)9-23-17(27)25-7-3-4-12(10-25)16(26)24-13-5-6-14(15(19)8-13)18(20,21)22;1-2-7-22-16(26)24-8-3-4-11(10-24)15(25)23-12-5-6-13(14(18)9-12)17(19,20)21;1-2-7-20-16(19)22-8-3-4-11(10-22)15(23)21-12-5-6-13(17)14(18)9-12;1-17-14(21)19-6-2-3-9(8-19)13(20)18-10-4-5-11(15)12(16)7-10/h5-6,8,11-12H,3-4,7,9-10H2,1-2H3,(H,23,27)(H,24,26);5-6,9,11H,2-4,7-8,10H2,1H3,(H,22,26)(H,23,25);5-6,9,11H,2-4,7-8,10H2,1H3,(H2,19,20)(H,21,23);4-5,7,9H,2-3,6,8H2,1H3,(H,17,21)(H,18,20)/t12-;2*11-;9-/m0000/s1. The van der Waals surface area contributed by atoms with Crippen molar-refractivity contribution in [2.75, 3.05) is 100 Å². The summed E-state index contributed by atoms with van der Waals surface area (Å²) in [5.74, 6) is -5.98. The Balaban J connectivity index is 0.000000235. The molecule has 4 aromatic carbocycles. The summed E-state index contributed by atoms with van der Waals surface area (Å²) in [6, 6.07) is 12.2. The molecule has 4 aliphatic rings. The van der Waals surface area contributed by atoms with Gasteiger partial charge in [-0.15, -0.1) is 0 Å². The molecule has 4 atom stereocenters. The molecule has 97 heavy (non-hydrogen) atoms. The van der Waals surface area contributed by atoms with Gasteiger partial charge in [0.1, 0.15) is 23.3 Å². The third kappa shape index (κ3) is 25.6. The van der Waals surface area contributed by atoms with Gasteiger partial charge < -0.3 is 62.6 Å². The molecule has 0 radical (unpaired) electrons. The van der Waals surface area contributed by atoms with Crippen LogP contribution in [0.1, 0.15) is 103 Å². The molecular weight excluding hydrogens is 1340 g/mol. The Morgan fingerprint density at radius 3 is 1.15 bits per heavy atom. The molecule has 0 saturated carbocycles. The Hall–Kier alpha value is -8.28. The molecule has 8 rings (SSSR count). The number of likely N-dealkylation sites (tertiary alicyclic amines) is 4. The van der Waals surface area contributed by atoms with Gasteiger partial charge in [-0.3, -0.25) is 24.2 Å². The Bertz CT molecular complexity index is 3370. The van der Waals surface area contributed by atoms with Crippen molar-refractivity contribution < 1.29 is 77.5 Å². The zero-order valence-electron chi connectivity index (χ0n) is 54.4. The SMILES string of the molecule is CC(C)CNC(=O)N1CCC[C@H](C(=O)Nc2ccc(C(F)(F)F)c(F)c2)C1.CCCN=C(N)N1CCC[C@H](C(=O)Nc2ccc(Cl)c(F)c2)C1.CCCNC(=O)N1CCC[C@H](C(=O)Nc2ccc(C(F)(F)F)c(F)c2)C1.CNC(=O)N1CCC[C@H](C(=O)Nc2ccc(Cl)c(F)c2)C1. The van der Waals surface area contributed by atoms with Crippen molar-refractivity contribution in [1.29, 1.82) is 0 Å². The van der Waals surface area contributed by atoms with E-state index in [1.807, 2.05) is 32.6 Å². The quantitative estimate of drug-likeness (QED) is 0.0339. The second-order valence-corrected chi connectivity index (χ2v) is 24.7. The second kappa shape index (κ2) is 38.0. The molecule has 4 aliphatic heterocycles. The van der Waals surface area contributed by atoms with Crippen molar-refractivity contribution in [1.82, 2.24) is 35.6 Å². The topological polar surface area (TPSA) is 255 Å². The van der Waals surface area contributed by atoms with Gasteiger partial charge in [0.15, 0.2) is 5.96 Å². The maximum absolute atomic E-state index is 13.6. The highest BCUT2D eigenvalue weighted by molar-refractivity contribution is 6.31. The summed E-state index contributed by atoms with van der Waals surface area (Å²) in [5.41, 5.74) is 3.87. The number of rotatable bonds is 14. The second-order valence-electron chi connectivity index (χ2n) is 23.8. The van der Waals surface area contributed by atoms with Crippen LogP contribution in [-0.4, -0.2) is 146 Å². The first-order chi connectivity index (χ1) is 45.8. The number of hydrogen-bond donors (Lipinski definition) is 8. The van der Waals surface area contributed by atoms with Crippen LogP contribution in [0.2, 0.25) is 10.0 Å². The molecule has 20 nitrogen and oxygen atoms in total. The van der Waals surface area contributed by atoms with Crippen LogP contribution < -0.4 is 43.0 Å². The number of halogens is 12. The number of urea groups is 3. The van der Waals surface area contributed by atoms with Crippen LogP contribution in [-0.2, 0) is 31.5 Å². The highest BCUT2D eigenvalue weighted by Crippen LogP contribution is 2.35. The molecule has 9 N–H and O–H groups in total. The number of alkyl halides is 6. The molecule has 10 amide bonds. The van der Waals surface area contributed by atoms with Crippen LogP contribution in [0.25, 0.3) is 0 Å². The lowest BCUT2D eigenvalue weighted by Gasteiger charge is -2.32. The normalized spacial score (nSPS) is 18.1. The van der Waals surface area contributed by atoms with Crippen LogP contribution in [0.4, 0.5) is 81.0 Å². The van der Waals surface area contributed by atoms with Crippen molar-refractivity contribution in [2.45, 2.75) is 104 Å². The molecule has 4 fully saturated rings. The summed E-state index contributed by atoms with van der Waals surface area (Å²) in [6.07, 6.45) is -2.38. The van der Waals surface area contributed by atoms with Crippen molar-refractivity contribution >= 4 is 93.6 Å². The number of carbonyl (C=O) groups excluding carboxylic acids is 7. The van der Waals surface area contributed by atoms with Gasteiger partial charge in [0.2, 0.25) is 23.6 Å². The molecule has 0 bridgehead atoms. The summed E-state index contributed by atoms with van der Waals surface area (Å²) in [4.78, 5) is 95.9. The Morgan fingerprint density at radius 2 is 0.835 bits per heavy atom. The molecule has 0 spiro atoms. The number of hydrogen-bond acceptors (Lipinski definition) is 8. The number of carbonyl (C=O) groups is 7. The molecule has 32 heteroatoms. The van der Waals surface area contributed by atoms with Crippen LogP contribution in [0.5, 0.6) is 0 Å². The summed E-state index contributed by atoms with van der Waals surface area (Å²) in [5, 5.41) is 18.4. The lowest BCUT2D eigenvalue weighted by atomic mass is 9.97. The molecule has 534 valence electrons. The maximum Gasteiger partial charge on any atom is 0.419 e. The zero-order valence-corrected chi connectivity index (χ0v) is 55.9. The molecule has 0 aliphatic carbocycles. The predicted octanol–water partition coefficient (Wildman–Crippen LogP) is 12.8. The van der Waals surface area contributed by atoms with E-state index in [1.165, 1.54) is 29.2 Å². The Kier molecular flexibility index (Phi) is 31.1. The lowest BCUT2D eigenvalue weighted by Crippen LogP contribution is -2.48. The summed E-state index contributed by atoms with van der Waals surface area (Å²) in [6.45, 7) is 13.5. The van der Waals surface area contributed by atoms with Crippen LogP contribution in [0.3, 0.4) is 0 Å². The summed E-state index contributed by atoms with van der Waals surface area (Å²) >= 11 is 11.2. The summed E-state index contributed by atoms with van der Waals surface area (Å²) < 4.78 is 129. The smallest absolute Gasteiger partial charge is 0.370 e. The average Bonchev–Trinajstić information content (AvgIpc) is 0.906. The van der Waals surface area contributed by atoms with Gasteiger partial charge in [0.25, 0.3) is 0 Å². The van der Waals surface area contributed by atoms with E-state index in [0.717, 1.165) is 50.8 Å². The highest BCUT2D eigenvalue weighted by Gasteiger charge is 2.37. The van der Waals surface area contributed by atoms with Crippen LogP contribution in [0.15, 0.2) is 77.8 Å². The molecule has 0 aromatic heterocycles. The minimum atomic E-state index is -4.79. The van der Waals surface area contributed by atoms with Crippen molar-refractivity contribution in [3.8, 4) is 0 Å². The third-order valence-corrected chi connectivity index (χ3v) is 16.3. The van der Waals surface area contributed by atoms with E-state index >= 15 is 0 Å². The first kappa shape index (κ1) is 79.4. The van der Waals surface area contributed by atoms with E-state index in [4.69, 9.17) is 28.9 Å². The molecule has 4 saturated heterocycles. The molecule has 4 aromatic rings. The van der Waals surface area contributed by atoms with E-state index in [0.29, 0.717) is 132 Å². The number of piperidine rings is 4. The minimum Gasteiger partial charge on any atom is -0.370 e. The molecule has 0 unspecified atom stereocenters. The number of amides is 10. The molecular formula is C65H83Cl2F10N13O7. The highest BCUT2D eigenvalue weighted by atomic mass is 35.5. The van der Waals surface area contributed by atoms with Gasteiger partial charge in [-0.05, 0) is 143 Å². The van der Waals surface area contributed by atoms with Crippen molar-refractivity contribution in [3.63, 3.8) is 0 Å². The number of guanidine groups is 1. The first-order valence-electron chi connectivity index (χ1n) is 31.8. The van der Waals surface area contributed by atoms with E-state index in [-0.39, 0.29) is 76.3 Å². The average molecular weight is 1420 g/mol. The van der Waals surface area contributed by atoms with Gasteiger partial charge in [0, 0.05) is 102 Å².